The van der Waals surface area contributed by atoms with Crippen molar-refractivity contribution in [1.29, 1.82) is 0 Å². The van der Waals surface area contributed by atoms with Gasteiger partial charge in [0.25, 0.3) is 0 Å². The van der Waals surface area contributed by atoms with Gasteiger partial charge in [0.1, 0.15) is 24.4 Å². The van der Waals surface area contributed by atoms with E-state index in [0.29, 0.717) is 25.9 Å². The monoisotopic (exact) mass is 548 g/mol. The predicted molar refractivity (Wildman–Crippen MR) is 137 cm³/mol. The Morgan fingerprint density at radius 3 is 2.54 bits per heavy atom. The molecule has 2 aliphatic carbocycles. The quantitative estimate of drug-likeness (QED) is 0.159. The minimum absolute atomic E-state index is 0.0508. The fourth-order valence-electron chi connectivity index (χ4n) is 7.19. The molecule has 0 aromatic heterocycles. The average Bonchev–Trinajstić information content (AvgIpc) is 3.78. The van der Waals surface area contributed by atoms with E-state index in [1.54, 1.807) is 6.92 Å². The van der Waals surface area contributed by atoms with Gasteiger partial charge in [0, 0.05) is 30.6 Å². The van der Waals surface area contributed by atoms with Crippen LogP contribution in [0.1, 0.15) is 53.4 Å². The van der Waals surface area contributed by atoms with Crippen molar-refractivity contribution in [3.8, 4) is 0 Å². The largest absolute Gasteiger partial charge is 0.462 e. The van der Waals surface area contributed by atoms with Crippen LogP contribution in [0, 0.1) is 10.8 Å². The molecule has 3 heterocycles. The molecule has 216 valence electrons. The number of carbonyl (C=O) groups is 2. The van der Waals surface area contributed by atoms with Crippen molar-refractivity contribution in [2.24, 2.45) is 10.8 Å². The van der Waals surface area contributed by atoms with E-state index in [-0.39, 0.29) is 37.1 Å². The molecule has 5 rings (SSSR count). The van der Waals surface area contributed by atoms with Gasteiger partial charge in [-0.1, -0.05) is 30.7 Å². The molecule has 0 aromatic rings. The Bertz CT molecular complexity index is 1080. The van der Waals surface area contributed by atoms with E-state index in [4.69, 9.17) is 23.7 Å². The Kier molecular flexibility index (Phi) is 7.35. The summed E-state index contributed by atoms with van der Waals surface area (Å²) in [5.41, 5.74) is -1.61. The zero-order chi connectivity index (χ0) is 28.2. The molecule has 0 amide bonds. The lowest BCUT2D eigenvalue weighted by atomic mass is 9.50. The van der Waals surface area contributed by atoms with Crippen LogP contribution in [0.3, 0.4) is 0 Å². The van der Waals surface area contributed by atoms with Crippen molar-refractivity contribution in [1.82, 2.24) is 0 Å². The van der Waals surface area contributed by atoms with Crippen molar-refractivity contribution < 1.29 is 48.6 Å². The van der Waals surface area contributed by atoms with Crippen LogP contribution in [0.15, 0.2) is 36.0 Å². The highest BCUT2D eigenvalue weighted by Crippen LogP contribution is 2.75. The third-order valence-corrected chi connectivity index (χ3v) is 9.85. The molecule has 2 saturated carbocycles. The van der Waals surface area contributed by atoms with E-state index in [9.17, 15) is 24.9 Å². The Balaban J connectivity index is 1.40. The van der Waals surface area contributed by atoms with E-state index in [1.807, 2.05) is 0 Å². The number of epoxide rings is 2. The number of ether oxygens (including phenoxy) is 5. The smallest absolute Gasteiger partial charge is 0.331 e. The van der Waals surface area contributed by atoms with Gasteiger partial charge in [0.05, 0.1) is 42.0 Å². The fraction of sp³-hybridized carbons (Fsp3) is 0.724. The van der Waals surface area contributed by atoms with Crippen molar-refractivity contribution in [2.45, 2.75) is 101 Å². The highest BCUT2D eigenvalue weighted by Gasteiger charge is 2.86. The van der Waals surface area contributed by atoms with Gasteiger partial charge in [-0.15, -0.1) is 0 Å². The first-order valence-electron chi connectivity index (χ1n) is 13.8. The lowest BCUT2D eigenvalue weighted by Crippen LogP contribution is -2.69. The molecule has 0 aromatic carbocycles. The van der Waals surface area contributed by atoms with E-state index in [0.717, 1.165) is 12.0 Å². The predicted octanol–water partition coefficient (Wildman–Crippen LogP) is 1.51. The first kappa shape index (κ1) is 28.4. The molecule has 1 spiro atoms. The van der Waals surface area contributed by atoms with Gasteiger partial charge in [-0.25, -0.2) is 9.59 Å². The number of esters is 2. The van der Waals surface area contributed by atoms with Crippen LogP contribution in [0.4, 0.5) is 0 Å². The van der Waals surface area contributed by atoms with Crippen LogP contribution in [0.5, 0.6) is 0 Å². The van der Waals surface area contributed by atoms with Gasteiger partial charge in [-0.2, -0.15) is 0 Å². The summed E-state index contributed by atoms with van der Waals surface area (Å²) in [5, 5.41) is 28.3. The summed E-state index contributed by atoms with van der Waals surface area (Å²) in [7, 11) is 0. The standard InChI is InChI=1S/C29H40O10/c1-17(9-12-30)13-23(34)35-15-28-11-10-26(3)24(39-26)25(28)38-21-14-20(27(28,4)29(21)16-36-29)37-22(33)8-6-5-7-19(32)18(2)31/h5-8,13,18-21,24-25,30-32H,9-12,14-16H2,1-4H3/b7-5+,8-6-,17-13+/t18-,19+,20+,21+,24+,25+,26+,27+,28+,29-/m0/s1. The van der Waals surface area contributed by atoms with Crippen LogP contribution in [0.2, 0.25) is 0 Å². The van der Waals surface area contributed by atoms with Gasteiger partial charge < -0.3 is 39.0 Å². The molecule has 5 aliphatic rings. The van der Waals surface area contributed by atoms with Gasteiger partial charge in [-0.3, -0.25) is 0 Å². The zero-order valence-electron chi connectivity index (χ0n) is 23.0. The fourth-order valence-corrected chi connectivity index (χ4v) is 7.19. The van der Waals surface area contributed by atoms with Gasteiger partial charge >= 0.3 is 11.9 Å². The van der Waals surface area contributed by atoms with E-state index in [1.165, 1.54) is 37.3 Å². The van der Waals surface area contributed by atoms with Crippen LogP contribution in [-0.4, -0.2) is 94.9 Å². The number of fused-ring (bicyclic) bond motifs is 4. The highest BCUT2D eigenvalue weighted by atomic mass is 16.7. The molecular formula is C29H40O10. The second-order valence-electron chi connectivity index (χ2n) is 12.1. The lowest BCUT2D eigenvalue weighted by Gasteiger charge is -2.58. The summed E-state index contributed by atoms with van der Waals surface area (Å²) in [4.78, 5) is 25.7. The van der Waals surface area contributed by atoms with Crippen molar-refractivity contribution in [3.63, 3.8) is 0 Å². The van der Waals surface area contributed by atoms with E-state index < -0.39 is 46.7 Å². The molecule has 0 unspecified atom stereocenters. The molecule has 10 atom stereocenters. The number of rotatable bonds is 10. The van der Waals surface area contributed by atoms with E-state index >= 15 is 0 Å². The second kappa shape index (κ2) is 10.1. The van der Waals surface area contributed by atoms with Crippen molar-refractivity contribution >= 4 is 11.9 Å². The second-order valence-corrected chi connectivity index (χ2v) is 12.1. The Labute approximate surface area is 228 Å². The summed E-state index contributed by atoms with van der Waals surface area (Å²) in [6.07, 6.45) is 5.97. The molecular weight excluding hydrogens is 508 g/mol. The van der Waals surface area contributed by atoms with Crippen LogP contribution >= 0.6 is 0 Å². The molecule has 3 saturated heterocycles. The van der Waals surface area contributed by atoms with Crippen molar-refractivity contribution in [2.75, 3.05) is 19.8 Å². The Morgan fingerprint density at radius 1 is 1.13 bits per heavy atom. The number of aliphatic hydroxyl groups excluding tert-OH is 3. The Hall–Kier alpha value is -2.08. The maximum Gasteiger partial charge on any atom is 0.331 e. The molecule has 0 radical (unpaired) electrons. The number of allylic oxidation sites excluding steroid dienone is 2. The van der Waals surface area contributed by atoms with Crippen LogP contribution < -0.4 is 0 Å². The van der Waals surface area contributed by atoms with Crippen LogP contribution in [-0.2, 0) is 33.3 Å². The Morgan fingerprint density at radius 2 is 1.87 bits per heavy atom. The number of hydrogen-bond acceptors (Lipinski definition) is 10. The molecule has 3 aliphatic heterocycles. The average molecular weight is 549 g/mol. The van der Waals surface area contributed by atoms with Gasteiger partial charge in [0.2, 0.25) is 0 Å². The number of hydrogen-bond donors (Lipinski definition) is 3. The minimum atomic E-state index is -1.04. The maximum absolute atomic E-state index is 12.9. The molecule has 10 nitrogen and oxygen atoms in total. The summed E-state index contributed by atoms with van der Waals surface area (Å²) >= 11 is 0. The molecule has 39 heavy (non-hydrogen) atoms. The van der Waals surface area contributed by atoms with E-state index in [2.05, 4.69) is 13.8 Å². The number of aliphatic hydroxyl groups is 3. The van der Waals surface area contributed by atoms with Gasteiger partial charge in [-0.05, 0) is 40.0 Å². The summed E-state index contributed by atoms with van der Waals surface area (Å²) in [6.45, 7) is 7.87. The summed E-state index contributed by atoms with van der Waals surface area (Å²) in [6, 6.07) is 0. The topological polar surface area (TPSA) is 148 Å². The maximum atomic E-state index is 12.9. The molecule has 5 fully saturated rings. The van der Waals surface area contributed by atoms with Gasteiger partial charge in [0.15, 0.2) is 0 Å². The highest BCUT2D eigenvalue weighted by molar-refractivity contribution is 5.83. The molecule has 2 bridgehead atoms. The summed E-state index contributed by atoms with van der Waals surface area (Å²) < 4.78 is 30.9. The molecule has 3 N–H and O–H groups in total. The first-order valence-corrected chi connectivity index (χ1v) is 13.8. The first-order chi connectivity index (χ1) is 18.4. The minimum Gasteiger partial charge on any atom is -0.462 e. The third kappa shape index (κ3) is 4.59. The van der Waals surface area contributed by atoms with Crippen LogP contribution in [0.25, 0.3) is 0 Å². The molecule has 10 heteroatoms. The van der Waals surface area contributed by atoms with Crippen molar-refractivity contribution in [3.05, 3.63) is 36.0 Å². The lowest BCUT2D eigenvalue weighted by molar-refractivity contribution is -0.250. The SMILES string of the molecule is C/C(=C\C(=O)OC[C@]12CC[C@@]3(C)O[C@@H]3[C@H]1O[C@@H]1C[C@@H](OC(=O)/C=C\C=C\[C@@H](O)[C@H](C)O)[C@@]2(C)[C@]12CO2)CCO. The normalized spacial score (nSPS) is 43.7. The summed E-state index contributed by atoms with van der Waals surface area (Å²) in [5.74, 6) is -1.04. The third-order valence-electron chi connectivity index (χ3n) is 9.85. The zero-order valence-corrected chi connectivity index (χ0v) is 23.0. The number of carbonyl (C=O) groups excluding carboxylic acids is 2.